The van der Waals surface area contributed by atoms with Crippen molar-refractivity contribution in [3.05, 3.63) is 0 Å². The summed E-state index contributed by atoms with van der Waals surface area (Å²) >= 11 is 0. The largest absolute Gasteiger partial charge is 0.480 e. The Balaban J connectivity index is 2.88. The van der Waals surface area contributed by atoms with Crippen LogP contribution in [0.2, 0.25) is 0 Å². The number of carbonyl (C=O) groups is 1. The van der Waals surface area contributed by atoms with Gasteiger partial charge in [-0.25, -0.2) is 0 Å². The first-order valence-electron chi connectivity index (χ1n) is 9.69. The fraction of sp³-hybridized carbons (Fsp3) is 0.944. The number of aliphatic carboxylic acids is 1. The van der Waals surface area contributed by atoms with Gasteiger partial charge in [-0.2, -0.15) is 0 Å². The number of rotatable bonds is 6. The number of nitrogens with zero attached hydrogens (tertiary/aromatic N) is 1. The normalized spacial score (nSPS) is 31.2. The van der Waals surface area contributed by atoms with E-state index in [4.69, 9.17) is 0 Å². The molecule has 0 amide bonds. The minimum absolute atomic E-state index is 0.116. The van der Waals surface area contributed by atoms with Gasteiger partial charge in [0.2, 0.25) is 0 Å². The molecule has 1 heterocycles. The maximum absolute atomic E-state index is 11.3. The van der Waals surface area contributed by atoms with Gasteiger partial charge in [0.05, 0.1) is 6.54 Å². The average molecular weight is 343 g/mol. The predicted molar refractivity (Wildman–Crippen MR) is 99.5 cm³/mol. The molecule has 142 valence electrons. The first kappa shape index (κ1) is 21.4. The molecule has 1 fully saturated rings. The molecular formula is C18H38N4O2. The van der Waals surface area contributed by atoms with E-state index in [-0.39, 0.29) is 12.6 Å². The van der Waals surface area contributed by atoms with Gasteiger partial charge < -0.3 is 21.1 Å². The summed E-state index contributed by atoms with van der Waals surface area (Å²) < 4.78 is 0. The van der Waals surface area contributed by atoms with Crippen LogP contribution in [-0.2, 0) is 4.79 Å². The summed E-state index contributed by atoms with van der Waals surface area (Å²) in [5, 5.41) is 20.3. The molecule has 0 aliphatic carbocycles. The van der Waals surface area contributed by atoms with Crippen molar-refractivity contribution in [3.63, 3.8) is 0 Å². The molecule has 6 nitrogen and oxygen atoms in total. The van der Waals surface area contributed by atoms with Gasteiger partial charge in [-0.1, -0.05) is 27.7 Å². The minimum atomic E-state index is -0.740. The van der Waals surface area contributed by atoms with Crippen molar-refractivity contribution in [3.8, 4) is 0 Å². The Kier molecular flexibility index (Phi) is 10.5. The average Bonchev–Trinajstić information content (AvgIpc) is 2.56. The van der Waals surface area contributed by atoms with Crippen LogP contribution >= 0.6 is 0 Å². The van der Waals surface area contributed by atoms with Gasteiger partial charge in [-0.15, -0.1) is 0 Å². The zero-order valence-corrected chi connectivity index (χ0v) is 16.0. The molecule has 1 aliphatic heterocycles. The zero-order valence-electron chi connectivity index (χ0n) is 16.0. The fourth-order valence-electron chi connectivity index (χ4n) is 3.31. The Morgan fingerprint density at radius 1 is 0.875 bits per heavy atom. The standard InChI is InChI=1S/C18H38N4O2/c1-5-14-10-20-16(7-3)12-22(13-18(23)24)17(8-4)11-21-15(6-2)9-19-14/h14-17,19-21H,5-13H2,1-4H3,(H,23,24)/t14-,15-,16-,17-/m1/s1. The fourth-order valence-corrected chi connectivity index (χ4v) is 3.31. The summed E-state index contributed by atoms with van der Waals surface area (Å²) in [5.41, 5.74) is 0. The Morgan fingerprint density at radius 2 is 1.38 bits per heavy atom. The lowest BCUT2D eigenvalue weighted by molar-refractivity contribution is -0.139. The van der Waals surface area contributed by atoms with Crippen LogP contribution in [0.15, 0.2) is 0 Å². The van der Waals surface area contributed by atoms with Crippen molar-refractivity contribution in [2.75, 3.05) is 32.7 Å². The van der Waals surface area contributed by atoms with Gasteiger partial charge in [-0.3, -0.25) is 9.69 Å². The maximum Gasteiger partial charge on any atom is 0.317 e. The van der Waals surface area contributed by atoms with E-state index in [0.29, 0.717) is 18.1 Å². The van der Waals surface area contributed by atoms with E-state index < -0.39 is 5.97 Å². The predicted octanol–water partition coefficient (Wildman–Crippen LogP) is 1.27. The lowest BCUT2D eigenvalue weighted by atomic mass is 10.1. The highest BCUT2D eigenvalue weighted by atomic mass is 16.4. The third-order valence-corrected chi connectivity index (χ3v) is 5.21. The van der Waals surface area contributed by atoms with Gasteiger partial charge in [0.25, 0.3) is 0 Å². The van der Waals surface area contributed by atoms with Crippen LogP contribution in [0.3, 0.4) is 0 Å². The second-order valence-corrected chi connectivity index (χ2v) is 6.93. The molecule has 6 heteroatoms. The molecule has 0 unspecified atom stereocenters. The van der Waals surface area contributed by atoms with E-state index in [2.05, 4.69) is 48.5 Å². The van der Waals surface area contributed by atoms with Crippen LogP contribution in [-0.4, -0.2) is 72.9 Å². The van der Waals surface area contributed by atoms with Gasteiger partial charge >= 0.3 is 5.97 Å². The monoisotopic (exact) mass is 342 g/mol. The molecule has 4 atom stereocenters. The highest BCUT2D eigenvalue weighted by Crippen LogP contribution is 2.09. The summed E-state index contributed by atoms with van der Waals surface area (Å²) in [7, 11) is 0. The Hall–Kier alpha value is -0.690. The number of carboxylic acid groups (broad SMARTS) is 1. The van der Waals surface area contributed by atoms with Gasteiger partial charge in [-0.05, 0) is 25.7 Å². The molecule has 0 aromatic heterocycles. The van der Waals surface area contributed by atoms with Gasteiger partial charge in [0.15, 0.2) is 0 Å². The summed E-state index contributed by atoms with van der Waals surface area (Å²) in [5.74, 6) is -0.740. The van der Waals surface area contributed by atoms with Crippen molar-refractivity contribution in [1.82, 2.24) is 20.9 Å². The molecule has 1 saturated heterocycles. The van der Waals surface area contributed by atoms with Gasteiger partial charge in [0, 0.05) is 50.3 Å². The lowest BCUT2D eigenvalue weighted by Crippen LogP contribution is -2.55. The van der Waals surface area contributed by atoms with E-state index in [1.54, 1.807) is 0 Å². The zero-order chi connectivity index (χ0) is 17.9. The Labute approximate surface area is 147 Å². The number of nitrogens with one attached hydrogen (secondary N) is 3. The first-order chi connectivity index (χ1) is 11.5. The number of hydrogen-bond acceptors (Lipinski definition) is 5. The Bertz CT molecular complexity index is 354. The lowest BCUT2D eigenvalue weighted by Gasteiger charge is -2.36. The van der Waals surface area contributed by atoms with E-state index in [9.17, 15) is 9.90 Å². The van der Waals surface area contributed by atoms with Crippen molar-refractivity contribution in [2.24, 2.45) is 0 Å². The molecule has 1 rings (SSSR count). The summed E-state index contributed by atoms with van der Waals surface area (Å²) in [6.45, 7) is 12.4. The first-order valence-corrected chi connectivity index (χ1v) is 9.69. The summed E-state index contributed by atoms with van der Waals surface area (Å²) in [4.78, 5) is 13.5. The number of hydrogen-bond donors (Lipinski definition) is 4. The van der Waals surface area contributed by atoms with Crippen molar-refractivity contribution >= 4 is 5.97 Å². The van der Waals surface area contributed by atoms with E-state index in [1.807, 2.05) is 0 Å². The highest BCUT2D eigenvalue weighted by Gasteiger charge is 2.24. The van der Waals surface area contributed by atoms with E-state index in [0.717, 1.165) is 51.9 Å². The molecule has 4 N–H and O–H groups in total. The molecule has 0 bridgehead atoms. The van der Waals surface area contributed by atoms with Crippen molar-refractivity contribution in [1.29, 1.82) is 0 Å². The molecule has 0 spiro atoms. The van der Waals surface area contributed by atoms with Crippen LogP contribution in [0.1, 0.15) is 53.4 Å². The molecule has 0 aromatic rings. The van der Waals surface area contributed by atoms with Crippen LogP contribution in [0.5, 0.6) is 0 Å². The highest BCUT2D eigenvalue weighted by molar-refractivity contribution is 5.69. The van der Waals surface area contributed by atoms with Crippen LogP contribution in [0.4, 0.5) is 0 Å². The van der Waals surface area contributed by atoms with Crippen LogP contribution < -0.4 is 16.0 Å². The maximum atomic E-state index is 11.3. The SMILES string of the molecule is CC[C@@H]1CN[C@H](CC)CN(CC(=O)O)[C@H](CC)CN[C@H](CC)CN1. The Morgan fingerprint density at radius 3 is 1.83 bits per heavy atom. The number of carboxylic acids is 1. The smallest absolute Gasteiger partial charge is 0.317 e. The molecule has 0 radical (unpaired) electrons. The topological polar surface area (TPSA) is 76.6 Å². The third-order valence-electron chi connectivity index (χ3n) is 5.21. The molecule has 24 heavy (non-hydrogen) atoms. The molecule has 0 aromatic carbocycles. The summed E-state index contributed by atoms with van der Waals surface area (Å²) in [6.07, 6.45) is 4.13. The molecular weight excluding hydrogens is 304 g/mol. The third kappa shape index (κ3) is 7.47. The van der Waals surface area contributed by atoms with Crippen molar-refractivity contribution in [2.45, 2.75) is 77.5 Å². The van der Waals surface area contributed by atoms with E-state index in [1.165, 1.54) is 0 Å². The van der Waals surface area contributed by atoms with Gasteiger partial charge in [0.1, 0.15) is 0 Å². The van der Waals surface area contributed by atoms with Crippen LogP contribution in [0, 0.1) is 0 Å². The second-order valence-electron chi connectivity index (χ2n) is 6.93. The minimum Gasteiger partial charge on any atom is -0.480 e. The van der Waals surface area contributed by atoms with Crippen molar-refractivity contribution < 1.29 is 9.90 Å². The second kappa shape index (κ2) is 11.8. The molecule has 0 saturated carbocycles. The van der Waals surface area contributed by atoms with Crippen LogP contribution in [0.25, 0.3) is 0 Å². The van der Waals surface area contributed by atoms with E-state index >= 15 is 0 Å². The summed E-state index contributed by atoms with van der Waals surface area (Å²) in [6, 6.07) is 1.48. The molecule has 1 aliphatic rings. The quantitative estimate of drug-likeness (QED) is 0.582.